The number of nitro groups is 1. The molecule has 1 saturated heterocycles. The normalized spacial score (nSPS) is 21.1. The summed E-state index contributed by atoms with van der Waals surface area (Å²) >= 11 is 0. The summed E-state index contributed by atoms with van der Waals surface area (Å²) in [6.07, 6.45) is 3.92. The molecule has 32 heavy (non-hydrogen) atoms. The van der Waals surface area contributed by atoms with Gasteiger partial charge in [-0.2, -0.15) is 9.41 Å². The van der Waals surface area contributed by atoms with Crippen molar-refractivity contribution in [1.82, 2.24) is 4.31 Å². The number of hydrazone groups is 1. The monoisotopic (exact) mass is 460 g/mol. The highest BCUT2D eigenvalue weighted by atomic mass is 32.2. The van der Waals surface area contributed by atoms with Crippen LogP contribution in [0.15, 0.2) is 46.4 Å². The Morgan fingerprint density at radius 3 is 2.56 bits per heavy atom. The Kier molecular flexibility index (Phi) is 6.02. The highest BCUT2D eigenvalue weighted by Crippen LogP contribution is 2.35. The second-order valence-electron chi connectivity index (χ2n) is 7.88. The molecule has 11 heteroatoms. The van der Waals surface area contributed by atoms with E-state index >= 15 is 0 Å². The summed E-state index contributed by atoms with van der Waals surface area (Å²) in [5.74, 6) is 1.24. The summed E-state index contributed by atoms with van der Waals surface area (Å²) in [6.45, 7) is 3.87. The molecule has 2 aromatic rings. The average molecular weight is 461 g/mol. The number of benzene rings is 2. The summed E-state index contributed by atoms with van der Waals surface area (Å²) in [5.41, 5.74) is 3.32. The molecule has 2 atom stereocenters. The number of ether oxygens (including phenoxy) is 2. The van der Waals surface area contributed by atoms with Gasteiger partial charge in [-0.25, -0.2) is 8.42 Å². The predicted octanol–water partition coefficient (Wildman–Crippen LogP) is 3.72. The predicted molar refractivity (Wildman–Crippen MR) is 119 cm³/mol. The highest BCUT2D eigenvalue weighted by Gasteiger charge is 2.37. The van der Waals surface area contributed by atoms with Gasteiger partial charge in [0.05, 0.1) is 16.8 Å². The number of hydrogen-bond donors (Lipinski definition) is 1. The van der Waals surface area contributed by atoms with Crippen LogP contribution >= 0.6 is 0 Å². The molecule has 10 nitrogen and oxygen atoms in total. The Morgan fingerprint density at radius 2 is 1.84 bits per heavy atom. The van der Waals surface area contributed by atoms with E-state index in [0.29, 0.717) is 17.1 Å². The van der Waals surface area contributed by atoms with E-state index in [1.165, 1.54) is 22.7 Å². The maximum Gasteiger partial charge on any atom is 0.270 e. The van der Waals surface area contributed by atoms with Crippen LogP contribution in [0.5, 0.6) is 11.5 Å². The van der Waals surface area contributed by atoms with Gasteiger partial charge in [0, 0.05) is 24.2 Å². The number of nitrogens with one attached hydrogen (secondary N) is 1. The molecule has 0 unspecified atom stereocenters. The molecule has 2 aliphatic rings. The fraction of sp³-hybridized carbons (Fsp3) is 0.381. The molecule has 0 spiro atoms. The van der Waals surface area contributed by atoms with E-state index in [-0.39, 0.29) is 35.1 Å². The van der Waals surface area contributed by atoms with Crippen LogP contribution in [0.25, 0.3) is 0 Å². The number of sulfonamides is 1. The molecule has 2 aliphatic heterocycles. The lowest BCUT2D eigenvalue weighted by Crippen LogP contribution is -2.47. The minimum Gasteiger partial charge on any atom is -0.454 e. The van der Waals surface area contributed by atoms with E-state index in [4.69, 9.17) is 9.47 Å². The fourth-order valence-corrected chi connectivity index (χ4v) is 6.13. The van der Waals surface area contributed by atoms with Crippen molar-refractivity contribution >= 4 is 27.6 Å². The van der Waals surface area contributed by atoms with Crippen molar-refractivity contribution in [2.45, 2.75) is 50.1 Å². The number of fused-ring (bicyclic) bond motifs is 1. The van der Waals surface area contributed by atoms with E-state index in [0.717, 1.165) is 25.3 Å². The Balaban J connectivity index is 1.66. The molecule has 0 aromatic heterocycles. The van der Waals surface area contributed by atoms with E-state index in [1.54, 1.807) is 18.2 Å². The third-order valence-electron chi connectivity index (χ3n) is 5.64. The molecular weight excluding hydrogens is 436 g/mol. The number of nitrogens with zero attached hydrogens (tertiary/aromatic N) is 3. The van der Waals surface area contributed by atoms with E-state index < -0.39 is 14.9 Å². The number of hydrogen-bond acceptors (Lipinski definition) is 8. The van der Waals surface area contributed by atoms with Gasteiger partial charge in [-0.3, -0.25) is 15.5 Å². The van der Waals surface area contributed by atoms with Crippen molar-refractivity contribution < 1.29 is 22.8 Å². The third kappa shape index (κ3) is 4.26. The van der Waals surface area contributed by atoms with Crippen LogP contribution in [0.2, 0.25) is 0 Å². The summed E-state index contributed by atoms with van der Waals surface area (Å²) in [7, 11) is -3.99. The van der Waals surface area contributed by atoms with E-state index in [9.17, 15) is 18.5 Å². The summed E-state index contributed by atoms with van der Waals surface area (Å²) in [4.78, 5) is 10.5. The number of non-ortho nitro benzene ring substituents is 1. The molecule has 0 amide bonds. The summed E-state index contributed by atoms with van der Waals surface area (Å²) < 4.78 is 39.2. The average Bonchev–Trinajstić information content (AvgIpc) is 3.21. The lowest BCUT2D eigenvalue weighted by atomic mass is 10.0. The first kappa shape index (κ1) is 22.0. The fourth-order valence-electron chi connectivity index (χ4n) is 4.09. The Hall–Kier alpha value is -3.18. The maximum absolute atomic E-state index is 13.5. The maximum atomic E-state index is 13.5. The second-order valence-corrected chi connectivity index (χ2v) is 9.70. The lowest BCUT2D eigenvalue weighted by molar-refractivity contribution is -0.385. The SMILES string of the molecule is C[C@@H]1CCC[C@H](C)N1S(=O)(=O)c1cc([N+](=O)[O-])ccc1N/N=C\c1ccc2c(c1)OCO2. The number of rotatable bonds is 6. The zero-order valence-corrected chi connectivity index (χ0v) is 18.5. The van der Waals surface area contributed by atoms with Crippen molar-refractivity contribution in [1.29, 1.82) is 0 Å². The standard InChI is InChI=1S/C21H24N4O6S/c1-14-4-3-5-15(2)24(14)32(28,29)21-11-17(25(26)27)7-8-18(21)23-22-12-16-6-9-19-20(10-16)31-13-30-19/h6-12,14-15,23H,3-5,13H2,1-2H3/b22-12-/t14-,15+. The van der Waals surface area contributed by atoms with Gasteiger partial charge in [-0.05, 0) is 56.5 Å². The second kappa shape index (κ2) is 8.75. The summed E-state index contributed by atoms with van der Waals surface area (Å²) in [5, 5.41) is 15.5. The van der Waals surface area contributed by atoms with Crippen molar-refractivity contribution in [3.8, 4) is 11.5 Å². The minimum atomic E-state index is -3.99. The first-order chi connectivity index (χ1) is 15.3. The Morgan fingerprint density at radius 1 is 1.12 bits per heavy atom. The van der Waals surface area contributed by atoms with Crippen LogP contribution in [0.3, 0.4) is 0 Å². The number of piperidine rings is 1. The van der Waals surface area contributed by atoms with Gasteiger partial charge in [-0.1, -0.05) is 6.42 Å². The number of anilines is 1. The van der Waals surface area contributed by atoms with Gasteiger partial charge in [0.1, 0.15) is 4.90 Å². The van der Waals surface area contributed by atoms with Gasteiger partial charge in [-0.15, -0.1) is 0 Å². The van der Waals surface area contributed by atoms with Crippen LogP contribution in [0.4, 0.5) is 11.4 Å². The molecule has 2 heterocycles. The van der Waals surface area contributed by atoms with Gasteiger partial charge >= 0.3 is 0 Å². The van der Waals surface area contributed by atoms with Crippen LogP contribution < -0.4 is 14.9 Å². The number of nitro benzene ring substituents is 1. The molecule has 0 aliphatic carbocycles. The molecular formula is C21H24N4O6S. The molecule has 0 saturated carbocycles. The molecule has 1 N–H and O–H groups in total. The molecule has 1 fully saturated rings. The zero-order valence-electron chi connectivity index (χ0n) is 17.7. The smallest absolute Gasteiger partial charge is 0.270 e. The van der Waals surface area contributed by atoms with Gasteiger partial charge < -0.3 is 9.47 Å². The molecule has 2 aromatic carbocycles. The van der Waals surface area contributed by atoms with Crippen LogP contribution in [0.1, 0.15) is 38.7 Å². The zero-order chi connectivity index (χ0) is 22.9. The first-order valence-electron chi connectivity index (χ1n) is 10.3. The third-order valence-corrected chi connectivity index (χ3v) is 7.81. The largest absolute Gasteiger partial charge is 0.454 e. The van der Waals surface area contributed by atoms with Crippen LogP contribution in [-0.2, 0) is 10.0 Å². The van der Waals surface area contributed by atoms with Crippen molar-refractivity contribution in [2.75, 3.05) is 12.2 Å². The van der Waals surface area contributed by atoms with Crippen molar-refractivity contribution in [2.24, 2.45) is 5.10 Å². The van der Waals surface area contributed by atoms with Crippen LogP contribution in [0, 0.1) is 10.1 Å². The molecule has 0 radical (unpaired) electrons. The Bertz CT molecular complexity index is 1160. The van der Waals surface area contributed by atoms with Crippen molar-refractivity contribution in [3.63, 3.8) is 0 Å². The van der Waals surface area contributed by atoms with Gasteiger partial charge in [0.25, 0.3) is 5.69 Å². The minimum absolute atomic E-state index is 0.158. The topological polar surface area (TPSA) is 123 Å². The van der Waals surface area contributed by atoms with Crippen LogP contribution in [-0.4, -0.2) is 42.7 Å². The lowest BCUT2D eigenvalue weighted by Gasteiger charge is -2.37. The van der Waals surface area contributed by atoms with E-state index in [2.05, 4.69) is 10.5 Å². The molecule has 0 bridgehead atoms. The Labute approximate surface area is 186 Å². The van der Waals surface area contributed by atoms with E-state index in [1.807, 2.05) is 13.8 Å². The van der Waals surface area contributed by atoms with Gasteiger partial charge in [0.15, 0.2) is 11.5 Å². The molecule has 170 valence electrons. The highest BCUT2D eigenvalue weighted by molar-refractivity contribution is 7.89. The van der Waals surface area contributed by atoms with Crippen molar-refractivity contribution in [3.05, 3.63) is 52.1 Å². The quantitative estimate of drug-likeness (QED) is 0.396. The summed E-state index contributed by atoms with van der Waals surface area (Å²) in [6, 6.07) is 8.58. The first-order valence-corrected chi connectivity index (χ1v) is 11.7. The molecule has 4 rings (SSSR count). The van der Waals surface area contributed by atoms with Gasteiger partial charge in [0.2, 0.25) is 16.8 Å².